The average molecular weight is 618 g/mol. The second-order valence-electron chi connectivity index (χ2n) is 10.7. The van der Waals surface area contributed by atoms with Crippen molar-refractivity contribution >= 4 is 58.4 Å². The Morgan fingerprint density at radius 1 is 0.905 bits per heavy atom. The van der Waals surface area contributed by atoms with E-state index in [1.54, 1.807) is 56.4 Å². The molecule has 0 heterocycles. The lowest BCUT2D eigenvalue weighted by Crippen LogP contribution is -2.23. The number of oxime groups is 1. The van der Waals surface area contributed by atoms with Gasteiger partial charge in [0.15, 0.2) is 5.78 Å². The first-order chi connectivity index (χ1) is 20.1. The molecule has 42 heavy (non-hydrogen) atoms. The van der Waals surface area contributed by atoms with Crippen LogP contribution >= 0.6 is 35.1 Å². The molecule has 0 N–H and O–H groups in total. The molecular formula is C34H32ClNO4S2. The maximum Gasteiger partial charge on any atom is 0.340 e. The summed E-state index contributed by atoms with van der Waals surface area (Å²) in [6, 6.07) is 24.1. The minimum absolute atomic E-state index is 0.0235. The Labute approximate surface area is 260 Å². The summed E-state index contributed by atoms with van der Waals surface area (Å²) in [5, 5.41) is 4.84. The van der Waals surface area contributed by atoms with Crippen LogP contribution in [-0.4, -0.2) is 34.3 Å². The van der Waals surface area contributed by atoms with Gasteiger partial charge < -0.3 is 4.84 Å². The molecule has 1 aliphatic rings. The molecule has 3 aromatic rings. The number of benzene rings is 3. The molecule has 0 saturated heterocycles. The predicted octanol–water partition coefficient (Wildman–Crippen LogP) is 8.88. The Morgan fingerprint density at radius 3 is 2.19 bits per heavy atom. The van der Waals surface area contributed by atoms with Crippen molar-refractivity contribution in [3.05, 3.63) is 119 Å². The van der Waals surface area contributed by atoms with Gasteiger partial charge in [-0.05, 0) is 75.7 Å². The van der Waals surface area contributed by atoms with Crippen molar-refractivity contribution in [2.45, 2.75) is 48.7 Å². The molecule has 0 saturated carbocycles. The van der Waals surface area contributed by atoms with Crippen LogP contribution in [0.2, 0.25) is 5.02 Å². The SMILES string of the molecule is CC(C)(C)C(=O)O/N=C(\CCSc1ccc(Cl)cc1)C(=O)c1ccc(SC2C=CC(C(=O)c3ccccc3)=CC2)cc1. The van der Waals surface area contributed by atoms with Crippen LogP contribution in [0.25, 0.3) is 0 Å². The highest BCUT2D eigenvalue weighted by molar-refractivity contribution is 8.00. The zero-order chi connectivity index (χ0) is 30.1. The molecule has 0 fully saturated rings. The van der Waals surface area contributed by atoms with E-state index in [4.69, 9.17) is 16.4 Å². The summed E-state index contributed by atoms with van der Waals surface area (Å²) in [6.07, 6.45) is 6.97. The summed E-state index contributed by atoms with van der Waals surface area (Å²) in [4.78, 5) is 45.6. The number of halogens is 1. The van der Waals surface area contributed by atoms with Crippen molar-refractivity contribution in [2.75, 3.05) is 5.75 Å². The maximum absolute atomic E-state index is 13.4. The smallest absolute Gasteiger partial charge is 0.317 e. The van der Waals surface area contributed by atoms with Crippen molar-refractivity contribution in [2.24, 2.45) is 10.6 Å². The Kier molecular flexibility index (Phi) is 11.0. The monoisotopic (exact) mass is 617 g/mol. The summed E-state index contributed by atoms with van der Waals surface area (Å²) in [7, 11) is 0. The lowest BCUT2D eigenvalue weighted by molar-refractivity contribution is -0.152. The molecule has 0 aliphatic heterocycles. The number of nitrogens with zero attached hydrogens (tertiary/aromatic N) is 1. The van der Waals surface area contributed by atoms with Gasteiger partial charge in [-0.25, -0.2) is 4.79 Å². The van der Waals surface area contributed by atoms with E-state index in [0.29, 0.717) is 33.9 Å². The van der Waals surface area contributed by atoms with E-state index in [2.05, 4.69) is 5.16 Å². The molecule has 1 atom stereocenters. The lowest BCUT2D eigenvalue weighted by atomic mass is 9.98. The summed E-state index contributed by atoms with van der Waals surface area (Å²) >= 11 is 9.21. The molecule has 0 amide bonds. The molecule has 0 aromatic heterocycles. The van der Waals surface area contributed by atoms with Gasteiger partial charge in [0, 0.05) is 48.9 Å². The first-order valence-corrected chi connectivity index (χ1v) is 15.8. The Bertz CT molecular complexity index is 1510. The fourth-order valence-corrected chi connectivity index (χ4v) is 5.85. The van der Waals surface area contributed by atoms with E-state index in [-0.39, 0.29) is 22.5 Å². The standard InChI is InChI=1S/C34H32ClNO4S2/c1-34(2,3)33(39)40-36-30(21-22-41-27-19-13-26(35)14-20-27)32(38)25-11-17-29(18-12-25)42-28-15-9-24(10-16-28)31(37)23-7-5-4-6-8-23/h4-15,17-20,28H,16,21-22H2,1-3H3/b36-30+. The largest absolute Gasteiger partial charge is 0.340 e. The number of carbonyl (C=O) groups excluding carboxylic acids is 3. The number of rotatable bonds is 11. The molecule has 5 nitrogen and oxygen atoms in total. The number of Topliss-reactive ketones (excluding diaryl/α,β-unsaturated/α-hetero) is 2. The van der Waals surface area contributed by atoms with E-state index in [1.807, 2.05) is 85.0 Å². The molecular weight excluding hydrogens is 586 g/mol. The number of thioether (sulfide) groups is 2. The van der Waals surface area contributed by atoms with Gasteiger partial charge >= 0.3 is 5.97 Å². The zero-order valence-electron chi connectivity index (χ0n) is 23.7. The van der Waals surface area contributed by atoms with Gasteiger partial charge in [0.1, 0.15) is 5.71 Å². The van der Waals surface area contributed by atoms with E-state index in [9.17, 15) is 14.4 Å². The molecule has 0 spiro atoms. The van der Waals surface area contributed by atoms with Crippen LogP contribution in [0.4, 0.5) is 0 Å². The third-order valence-corrected chi connectivity index (χ3v) is 8.76. The predicted molar refractivity (Wildman–Crippen MR) is 173 cm³/mol. The highest BCUT2D eigenvalue weighted by Gasteiger charge is 2.25. The van der Waals surface area contributed by atoms with Gasteiger partial charge in [-0.2, -0.15) is 0 Å². The van der Waals surface area contributed by atoms with Crippen molar-refractivity contribution in [1.29, 1.82) is 0 Å². The minimum Gasteiger partial charge on any atom is -0.317 e. The van der Waals surface area contributed by atoms with E-state index < -0.39 is 11.4 Å². The van der Waals surface area contributed by atoms with Crippen molar-refractivity contribution < 1.29 is 19.2 Å². The first kappa shape index (κ1) is 31.5. The topological polar surface area (TPSA) is 72.8 Å². The molecule has 3 aromatic carbocycles. The fraction of sp³-hybridized carbons (Fsp3) is 0.235. The minimum atomic E-state index is -0.743. The number of hydrogen-bond acceptors (Lipinski definition) is 7. The second-order valence-corrected chi connectivity index (χ2v) is 13.6. The highest BCUT2D eigenvalue weighted by Crippen LogP contribution is 2.31. The molecule has 1 unspecified atom stereocenters. The van der Waals surface area contributed by atoms with E-state index in [1.165, 1.54) is 0 Å². The fourth-order valence-electron chi connectivity index (χ4n) is 3.87. The van der Waals surface area contributed by atoms with Crippen molar-refractivity contribution in [3.8, 4) is 0 Å². The van der Waals surface area contributed by atoms with Gasteiger partial charge in [-0.3, -0.25) is 9.59 Å². The number of allylic oxidation sites excluding steroid dienone is 3. The van der Waals surface area contributed by atoms with E-state index in [0.717, 1.165) is 16.2 Å². The third kappa shape index (κ3) is 9.05. The van der Waals surface area contributed by atoms with Crippen LogP contribution < -0.4 is 0 Å². The molecule has 0 bridgehead atoms. The molecule has 0 radical (unpaired) electrons. The molecule has 8 heteroatoms. The second kappa shape index (κ2) is 14.7. The third-order valence-electron chi connectivity index (χ3n) is 6.30. The van der Waals surface area contributed by atoms with Crippen LogP contribution in [0, 0.1) is 5.41 Å². The van der Waals surface area contributed by atoms with Gasteiger partial charge in [-0.15, -0.1) is 23.5 Å². The van der Waals surface area contributed by atoms with E-state index >= 15 is 0 Å². The normalized spacial score (nSPS) is 15.2. The summed E-state index contributed by atoms with van der Waals surface area (Å²) in [5.41, 5.74) is 1.29. The lowest BCUT2D eigenvalue weighted by Gasteiger charge is -2.16. The number of hydrogen-bond donors (Lipinski definition) is 0. The Morgan fingerprint density at radius 2 is 1.57 bits per heavy atom. The van der Waals surface area contributed by atoms with Crippen LogP contribution in [0.3, 0.4) is 0 Å². The van der Waals surface area contributed by atoms with Crippen LogP contribution in [0.15, 0.2) is 118 Å². The Hall–Kier alpha value is -3.39. The van der Waals surface area contributed by atoms with Gasteiger partial charge in [0.05, 0.1) is 5.41 Å². The van der Waals surface area contributed by atoms with Crippen molar-refractivity contribution in [1.82, 2.24) is 0 Å². The molecule has 1 aliphatic carbocycles. The van der Waals surface area contributed by atoms with Crippen LogP contribution in [0.5, 0.6) is 0 Å². The molecule has 4 rings (SSSR count). The van der Waals surface area contributed by atoms with Crippen LogP contribution in [-0.2, 0) is 9.63 Å². The van der Waals surface area contributed by atoms with Gasteiger partial charge in [0.2, 0.25) is 5.78 Å². The highest BCUT2D eigenvalue weighted by atomic mass is 35.5. The first-order valence-electron chi connectivity index (χ1n) is 13.6. The Balaban J connectivity index is 1.38. The van der Waals surface area contributed by atoms with Crippen LogP contribution in [0.1, 0.15) is 54.3 Å². The van der Waals surface area contributed by atoms with Gasteiger partial charge in [-0.1, -0.05) is 65.3 Å². The summed E-state index contributed by atoms with van der Waals surface area (Å²) < 4.78 is 0. The van der Waals surface area contributed by atoms with Crippen molar-refractivity contribution in [3.63, 3.8) is 0 Å². The van der Waals surface area contributed by atoms with Gasteiger partial charge in [0.25, 0.3) is 0 Å². The average Bonchev–Trinajstić information content (AvgIpc) is 2.99. The zero-order valence-corrected chi connectivity index (χ0v) is 26.1. The number of ketones is 2. The summed E-state index contributed by atoms with van der Waals surface area (Å²) in [6.45, 7) is 5.20. The number of carbonyl (C=O) groups is 3. The maximum atomic E-state index is 13.4. The molecule has 216 valence electrons. The quantitative estimate of drug-likeness (QED) is 0.0703. The summed E-state index contributed by atoms with van der Waals surface area (Å²) in [5.74, 6) is -0.193.